The van der Waals surface area contributed by atoms with Crippen LogP contribution in [0.2, 0.25) is 0 Å². The topological polar surface area (TPSA) is 26.3 Å². The van der Waals surface area contributed by atoms with Gasteiger partial charge in [-0.3, -0.25) is 0 Å². The Kier molecular flexibility index (Phi) is 6.12. The second-order valence-corrected chi connectivity index (χ2v) is 7.36. The summed E-state index contributed by atoms with van der Waals surface area (Å²) < 4.78 is 5.87. The minimum Gasteiger partial charge on any atom is -0.490 e. The fourth-order valence-corrected chi connectivity index (χ4v) is 3.13. The van der Waals surface area contributed by atoms with Crippen molar-refractivity contribution in [1.29, 1.82) is 0 Å². The molecule has 0 amide bonds. The maximum absolute atomic E-state index is 11.2. The number of benzene rings is 2. The number of Topliss-reactive ketones (excluding diaryl/α,β-unsaturated/α-hetero) is 1. The van der Waals surface area contributed by atoms with E-state index in [1.54, 1.807) is 6.92 Å². The molecule has 134 valence electrons. The second-order valence-electron chi connectivity index (χ2n) is 7.36. The Labute approximate surface area is 156 Å². The van der Waals surface area contributed by atoms with Gasteiger partial charge in [-0.1, -0.05) is 30.9 Å². The molecule has 0 radical (unpaired) electrons. The number of hydrogen-bond acceptors (Lipinski definition) is 2. The molecule has 2 aromatic rings. The number of ether oxygens (including phenoxy) is 1. The van der Waals surface area contributed by atoms with Crippen molar-refractivity contribution < 1.29 is 9.53 Å². The van der Waals surface area contributed by atoms with Crippen LogP contribution in [0.5, 0.6) is 5.75 Å². The lowest BCUT2D eigenvalue weighted by Crippen LogP contribution is -2.24. The average molecular weight is 346 g/mol. The molecule has 0 N–H and O–H groups in total. The van der Waals surface area contributed by atoms with E-state index in [0.29, 0.717) is 18.4 Å². The zero-order chi connectivity index (χ0) is 18.4. The molecule has 26 heavy (non-hydrogen) atoms. The monoisotopic (exact) mass is 346 g/mol. The largest absolute Gasteiger partial charge is 0.490 e. The lowest BCUT2D eigenvalue weighted by atomic mass is 9.96. The van der Waals surface area contributed by atoms with Crippen LogP contribution < -0.4 is 4.74 Å². The van der Waals surface area contributed by atoms with E-state index in [4.69, 9.17) is 4.74 Å². The number of ketones is 1. The van der Waals surface area contributed by atoms with Crippen LogP contribution in [0.15, 0.2) is 48.5 Å². The predicted molar refractivity (Wildman–Crippen MR) is 105 cm³/mol. The van der Waals surface area contributed by atoms with Crippen LogP contribution in [-0.2, 0) is 11.2 Å². The Morgan fingerprint density at radius 1 is 1.04 bits per heavy atom. The van der Waals surface area contributed by atoms with E-state index >= 15 is 0 Å². The van der Waals surface area contributed by atoms with Crippen molar-refractivity contribution >= 4 is 5.78 Å². The molecule has 1 fully saturated rings. The summed E-state index contributed by atoms with van der Waals surface area (Å²) in [5.74, 6) is 7.98. The molecule has 3 rings (SSSR count). The second kappa shape index (κ2) is 8.72. The molecule has 0 bridgehead atoms. The average Bonchev–Trinajstić information content (AvgIpc) is 2.58. The summed E-state index contributed by atoms with van der Waals surface area (Å²) in [4.78, 5) is 11.2. The molecule has 1 aliphatic rings. The normalized spacial score (nSPS) is 14.7. The summed E-state index contributed by atoms with van der Waals surface area (Å²) in [7, 11) is 0. The summed E-state index contributed by atoms with van der Waals surface area (Å²) in [6.45, 7) is 3.77. The van der Waals surface area contributed by atoms with Crippen LogP contribution >= 0.6 is 0 Å². The Morgan fingerprint density at radius 2 is 1.62 bits per heavy atom. The summed E-state index contributed by atoms with van der Waals surface area (Å²) in [5, 5.41) is 0. The fraction of sp³-hybridized carbons (Fsp3) is 0.375. The van der Waals surface area contributed by atoms with Crippen LogP contribution in [0.3, 0.4) is 0 Å². The number of rotatable bonds is 6. The third-order valence-corrected chi connectivity index (χ3v) is 4.73. The van der Waals surface area contributed by atoms with Crippen molar-refractivity contribution in [2.45, 2.75) is 52.1 Å². The van der Waals surface area contributed by atoms with E-state index in [-0.39, 0.29) is 5.78 Å². The van der Waals surface area contributed by atoms with Gasteiger partial charge in [0.15, 0.2) is 0 Å². The van der Waals surface area contributed by atoms with E-state index in [2.05, 4.69) is 43.0 Å². The Morgan fingerprint density at radius 3 is 2.12 bits per heavy atom. The molecule has 0 heterocycles. The van der Waals surface area contributed by atoms with Gasteiger partial charge < -0.3 is 9.53 Å². The zero-order valence-corrected chi connectivity index (χ0v) is 15.6. The van der Waals surface area contributed by atoms with Crippen LogP contribution in [0, 0.1) is 17.8 Å². The highest BCUT2D eigenvalue weighted by Crippen LogP contribution is 2.25. The van der Waals surface area contributed by atoms with Crippen molar-refractivity contribution in [2.24, 2.45) is 5.92 Å². The Balaban J connectivity index is 1.56. The minimum atomic E-state index is 0.254. The molecular weight excluding hydrogens is 320 g/mol. The first-order valence-electron chi connectivity index (χ1n) is 9.45. The molecule has 2 heteroatoms. The molecule has 1 atom stereocenters. The number of hydrogen-bond donors (Lipinski definition) is 0. The molecule has 2 nitrogen and oxygen atoms in total. The highest BCUT2D eigenvalue weighted by molar-refractivity contribution is 5.75. The van der Waals surface area contributed by atoms with Crippen LogP contribution in [0.25, 0.3) is 0 Å². The van der Waals surface area contributed by atoms with Gasteiger partial charge in [-0.05, 0) is 80.5 Å². The third kappa shape index (κ3) is 5.49. The minimum absolute atomic E-state index is 0.254. The van der Waals surface area contributed by atoms with Gasteiger partial charge in [-0.25, -0.2) is 0 Å². The maximum Gasteiger partial charge on any atom is 0.130 e. The van der Waals surface area contributed by atoms with Crippen molar-refractivity contribution in [2.75, 3.05) is 0 Å². The van der Waals surface area contributed by atoms with Crippen LogP contribution in [0.1, 0.15) is 56.2 Å². The van der Waals surface area contributed by atoms with Gasteiger partial charge in [0.1, 0.15) is 11.5 Å². The maximum atomic E-state index is 11.2. The van der Waals surface area contributed by atoms with Crippen molar-refractivity contribution in [3.05, 3.63) is 65.2 Å². The van der Waals surface area contributed by atoms with Gasteiger partial charge in [0, 0.05) is 17.5 Å². The quantitative estimate of drug-likeness (QED) is 0.674. The van der Waals surface area contributed by atoms with Gasteiger partial charge in [0.05, 0.1) is 6.10 Å². The first-order valence-corrected chi connectivity index (χ1v) is 9.45. The first-order chi connectivity index (χ1) is 12.6. The smallest absolute Gasteiger partial charge is 0.130 e. The molecule has 1 saturated carbocycles. The first kappa shape index (κ1) is 18.3. The predicted octanol–water partition coefficient (Wildman–Crippen LogP) is 5.18. The van der Waals surface area contributed by atoms with Gasteiger partial charge in [0.25, 0.3) is 0 Å². The van der Waals surface area contributed by atoms with Gasteiger partial charge in [-0.2, -0.15) is 0 Å². The summed E-state index contributed by atoms with van der Waals surface area (Å²) >= 11 is 0. The third-order valence-electron chi connectivity index (χ3n) is 4.73. The lowest BCUT2D eigenvalue weighted by molar-refractivity contribution is -0.117. The Hall–Kier alpha value is -2.53. The molecule has 0 aromatic heterocycles. The Bertz CT molecular complexity index is 787. The van der Waals surface area contributed by atoms with Crippen LogP contribution in [0.4, 0.5) is 0 Å². The zero-order valence-electron chi connectivity index (χ0n) is 15.6. The SMILES string of the molecule is CC(=O)CC(C)Cc1ccc(C#Cc2ccc(OC3CCC3)cc2)cc1. The highest BCUT2D eigenvalue weighted by Gasteiger charge is 2.18. The molecule has 0 aliphatic heterocycles. The summed E-state index contributed by atoms with van der Waals surface area (Å²) in [6.07, 6.45) is 5.60. The lowest BCUT2D eigenvalue weighted by Gasteiger charge is -2.26. The molecular formula is C24H26O2. The van der Waals surface area contributed by atoms with Crippen molar-refractivity contribution in [3.63, 3.8) is 0 Å². The molecule has 0 spiro atoms. The fourth-order valence-electron chi connectivity index (χ4n) is 3.13. The number of carbonyl (C=O) groups is 1. The highest BCUT2D eigenvalue weighted by atomic mass is 16.5. The van der Waals surface area contributed by atoms with Gasteiger partial charge >= 0.3 is 0 Å². The van der Waals surface area contributed by atoms with Gasteiger partial charge in [-0.15, -0.1) is 0 Å². The summed E-state index contributed by atoms with van der Waals surface area (Å²) in [5.41, 5.74) is 3.25. The summed E-state index contributed by atoms with van der Waals surface area (Å²) in [6, 6.07) is 16.3. The van der Waals surface area contributed by atoms with E-state index in [1.807, 2.05) is 24.3 Å². The van der Waals surface area contributed by atoms with E-state index < -0.39 is 0 Å². The molecule has 1 unspecified atom stereocenters. The van der Waals surface area contributed by atoms with Gasteiger partial charge in [0.2, 0.25) is 0 Å². The molecule has 1 aliphatic carbocycles. The molecule has 2 aromatic carbocycles. The van der Waals surface area contributed by atoms with Crippen molar-refractivity contribution in [3.8, 4) is 17.6 Å². The number of carbonyl (C=O) groups excluding carboxylic acids is 1. The van der Waals surface area contributed by atoms with Crippen LogP contribution in [-0.4, -0.2) is 11.9 Å². The van der Waals surface area contributed by atoms with E-state index in [9.17, 15) is 4.79 Å². The van der Waals surface area contributed by atoms with E-state index in [0.717, 1.165) is 23.3 Å². The standard InChI is InChI=1S/C24H26O2/c1-18(16-19(2)25)17-22-10-8-20(9-11-22)6-7-21-12-14-24(15-13-21)26-23-4-3-5-23/h8-15,18,23H,3-5,16-17H2,1-2H3. The van der Waals surface area contributed by atoms with E-state index in [1.165, 1.54) is 24.8 Å². The van der Waals surface area contributed by atoms with Crippen molar-refractivity contribution in [1.82, 2.24) is 0 Å². The molecule has 0 saturated heterocycles.